The molecule has 0 spiro atoms. The average Bonchev–Trinajstić information content (AvgIpc) is 2.32. The summed E-state index contributed by atoms with van der Waals surface area (Å²) in [6.07, 6.45) is 1.07. The number of rotatable bonds is 9. The van der Waals surface area contributed by atoms with Crippen LogP contribution in [0, 0.1) is 6.92 Å². The Kier molecular flexibility index (Phi) is 12.4. The zero-order valence-electron chi connectivity index (χ0n) is 49.0. The summed E-state index contributed by atoms with van der Waals surface area (Å²) in [5, 5.41) is 0. The minimum Gasteiger partial charge on any atom is -0.311 e. The van der Waals surface area contributed by atoms with Crippen LogP contribution >= 0.6 is 0 Å². The van der Waals surface area contributed by atoms with Gasteiger partial charge in [0.05, 0.1) is 11.4 Å². The molecule has 10 aromatic rings. The molecule has 3 aliphatic rings. The lowest BCUT2D eigenvalue weighted by atomic mass is 9.33. The minimum atomic E-state index is -0.118. The van der Waals surface area contributed by atoms with E-state index in [0.29, 0.717) is 0 Å². The Labute approximate surface area is 482 Å². The fourth-order valence-electron chi connectivity index (χ4n) is 13.8. The summed E-state index contributed by atoms with van der Waals surface area (Å²) in [6, 6.07) is 86.8. The van der Waals surface area contributed by atoms with Crippen LogP contribution < -0.4 is 36.0 Å². The van der Waals surface area contributed by atoms with Crippen molar-refractivity contribution in [2.24, 2.45) is 0 Å². The molecule has 4 nitrogen and oxygen atoms in total. The quantitative estimate of drug-likeness (QED) is 0.134. The Morgan fingerprint density at radius 1 is 0.370 bits per heavy atom. The number of para-hydroxylation sites is 4. The summed E-state index contributed by atoms with van der Waals surface area (Å²) >= 11 is 0. The van der Waals surface area contributed by atoms with E-state index in [-0.39, 0.29) is 28.4 Å². The molecule has 0 unspecified atom stereocenters. The minimum absolute atomic E-state index is 0.0355. The standard InChI is InChI=1S/C76H73BN4/c1-51-43-53(73(2,3)4)37-41-66(51)80-68-45-59(78(55-29-19-13-20-30-55)56-31-21-14-22-32-56)39-40-64(68)77-65-48-62-63(76(10,11)50-75(62,8)9)49-69(65)81(67-42-38-54(74(5,6)7)44-61(67)52-27-17-12-18-28-52)71-47-60(46-70(80)72(71)77)79(57-33-23-15-24-34-57)58-35-25-16-26-36-58/h12-49H,50H2,1-11H3. The molecule has 0 atom stereocenters. The molecule has 10 aromatic carbocycles. The van der Waals surface area contributed by atoms with Gasteiger partial charge in [-0.1, -0.05) is 203 Å². The summed E-state index contributed by atoms with van der Waals surface area (Å²) in [7, 11) is 0. The van der Waals surface area contributed by atoms with Crippen molar-refractivity contribution in [1.29, 1.82) is 0 Å². The van der Waals surface area contributed by atoms with Gasteiger partial charge in [0.25, 0.3) is 6.71 Å². The molecule has 81 heavy (non-hydrogen) atoms. The van der Waals surface area contributed by atoms with Gasteiger partial charge in [-0.2, -0.15) is 0 Å². The molecule has 400 valence electrons. The molecule has 1 aliphatic carbocycles. The van der Waals surface area contributed by atoms with Crippen LogP contribution in [-0.4, -0.2) is 6.71 Å². The zero-order chi connectivity index (χ0) is 56.2. The maximum Gasteiger partial charge on any atom is 0.252 e. The molecule has 0 bridgehead atoms. The Balaban J connectivity index is 1.20. The molecule has 0 aromatic heterocycles. The maximum atomic E-state index is 2.68. The van der Waals surface area contributed by atoms with E-state index in [2.05, 4.69) is 326 Å². The Morgan fingerprint density at radius 2 is 0.790 bits per heavy atom. The zero-order valence-corrected chi connectivity index (χ0v) is 49.0. The van der Waals surface area contributed by atoms with Gasteiger partial charge < -0.3 is 19.6 Å². The third kappa shape index (κ3) is 8.93. The molecule has 5 heteroatoms. The van der Waals surface area contributed by atoms with Gasteiger partial charge in [0, 0.05) is 62.4 Å². The third-order valence-electron chi connectivity index (χ3n) is 17.6. The second-order valence-electron chi connectivity index (χ2n) is 26.3. The predicted molar refractivity (Wildman–Crippen MR) is 348 cm³/mol. The fourth-order valence-corrected chi connectivity index (χ4v) is 13.8. The normalized spacial score (nSPS) is 14.7. The molecular weight excluding hydrogens is 980 g/mol. The molecule has 0 saturated carbocycles. The van der Waals surface area contributed by atoms with E-state index in [4.69, 9.17) is 0 Å². The van der Waals surface area contributed by atoms with E-state index in [1.165, 1.54) is 72.4 Å². The monoisotopic (exact) mass is 1050 g/mol. The van der Waals surface area contributed by atoms with Crippen LogP contribution in [0.1, 0.15) is 103 Å². The average molecular weight is 1050 g/mol. The molecule has 0 radical (unpaired) electrons. The van der Waals surface area contributed by atoms with Crippen LogP contribution in [0.15, 0.2) is 231 Å². The van der Waals surface area contributed by atoms with Crippen LogP contribution in [-0.2, 0) is 21.7 Å². The van der Waals surface area contributed by atoms with Gasteiger partial charge in [-0.3, -0.25) is 0 Å². The lowest BCUT2D eigenvalue weighted by Crippen LogP contribution is -2.61. The van der Waals surface area contributed by atoms with Gasteiger partial charge in [0.1, 0.15) is 0 Å². The number of aryl methyl sites for hydroxylation is 1. The van der Waals surface area contributed by atoms with E-state index >= 15 is 0 Å². The van der Waals surface area contributed by atoms with Crippen LogP contribution in [0.5, 0.6) is 0 Å². The van der Waals surface area contributed by atoms with Gasteiger partial charge in [0.2, 0.25) is 0 Å². The fraction of sp³-hybridized carbons (Fsp3) is 0.211. The molecule has 13 rings (SSSR count). The topological polar surface area (TPSA) is 13.0 Å². The first-order valence-electron chi connectivity index (χ1n) is 29.1. The number of fused-ring (bicyclic) bond motifs is 5. The highest BCUT2D eigenvalue weighted by molar-refractivity contribution is 7.00. The lowest BCUT2D eigenvalue weighted by Gasteiger charge is -2.46. The van der Waals surface area contributed by atoms with E-state index in [0.717, 1.165) is 57.6 Å². The number of benzene rings is 10. The summed E-state index contributed by atoms with van der Waals surface area (Å²) in [6.45, 7) is 26.0. The largest absolute Gasteiger partial charge is 0.311 e. The highest BCUT2D eigenvalue weighted by atomic mass is 15.2. The molecule has 0 N–H and O–H groups in total. The van der Waals surface area contributed by atoms with E-state index < -0.39 is 0 Å². The molecule has 2 heterocycles. The first-order chi connectivity index (χ1) is 38.9. The summed E-state index contributed by atoms with van der Waals surface area (Å²) < 4.78 is 0. The number of hydrogen-bond acceptors (Lipinski definition) is 4. The van der Waals surface area contributed by atoms with Crippen molar-refractivity contribution in [3.05, 3.63) is 258 Å². The number of nitrogens with zero attached hydrogens (tertiary/aromatic N) is 4. The Morgan fingerprint density at radius 3 is 1.28 bits per heavy atom. The summed E-state index contributed by atoms with van der Waals surface area (Å²) in [5.74, 6) is 0. The summed E-state index contributed by atoms with van der Waals surface area (Å²) in [4.78, 5) is 10.2. The van der Waals surface area contributed by atoms with Crippen LogP contribution in [0.25, 0.3) is 11.1 Å². The second-order valence-corrected chi connectivity index (χ2v) is 26.3. The molecule has 0 saturated heterocycles. The molecule has 0 fully saturated rings. The van der Waals surface area contributed by atoms with Crippen LogP contribution in [0.2, 0.25) is 0 Å². The predicted octanol–water partition coefficient (Wildman–Crippen LogP) is 19.2. The third-order valence-corrected chi connectivity index (χ3v) is 17.6. The maximum absolute atomic E-state index is 2.68. The first kappa shape index (κ1) is 51.9. The van der Waals surface area contributed by atoms with Crippen molar-refractivity contribution in [2.45, 2.75) is 104 Å². The number of anilines is 12. The van der Waals surface area contributed by atoms with E-state index in [9.17, 15) is 0 Å². The van der Waals surface area contributed by atoms with Crippen LogP contribution in [0.3, 0.4) is 0 Å². The van der Waals surface area contributed by atoms with Crippen molar-refractivity contribution in [1.82, 2.24) is 0 Å². The van der Waals surface area contributed by atoms with Gasteiger partial charge >= 0.3 is 0 Å². The van der Waals surface area contributed by atoms with Gasteiger partial charge in [-0.05, 0) is 182 Å². The SMILES string of the molecule is Cc1cc(C(C)(C)C)ccc1N1c2cc(N(c3ccccc3)c3ccccc3)ccc2B2c3cc4c(cc3N(c3ccc(C(C)(C)C)cc3-c3ccccc3)c3cc(N(c5ccccc5)c5ccccc5)cc1c32)C(C)(C)CC4(C)C. The second kappa shape index (κ2) is 19.3. The highest BCUT2D eigenvalue weighted by Gasteiger charge is 2.49. The highest BCUT2D eigenvalue weighted by Crippen LogP contribution is 2.55. The first-order valence-corrected chi connectivity index (χ1v) is 29.1. The van der Waals surface area contributed by atoms with Crippen molar-refractivity contribution in [3.8, 4) is 11.1 Å². The van der Waals surface area contributed by atoms with E-state index in [1.54, 1.807) is 0 Å². The smallest absolute Gasteiger partial charge is 0.252 e. The lowest BCUT2D eigenvalue weighted by molar-refractivity contribution is 0.403. The van der Waals surface area contributed by atoms with Gasteiger partial charge in [-0.25, -0.2) is 0 Å². The summed E-state index contributed by atoms with van der Waals surface area (Å²) in [5.41, 5.74) is 26.5. The van der Waals surface area contributed by atoms with Gasteiger partial charge in [-0.15, -0.1) is 0 Å². The van der Waals surface area contributed by atoms with Crippen molar-refractivity contribution in [3.63, 3.8) is 0 Å². The van der Waals surface area contributed by atoms with E-state index in [1.807, 2.05) is 0 Å². The molecular formula is C76H73BN4. The Hall–Kier alpha value is -8.54. The van der Waals surface area contributed by atoms with Crippen LogP contribution in [0.4, 0.5) is 68.2 Å². The molecule has 0 amide bonds. The number of hydrogen-bond donors (Lipinski definition) is 0. The van der Waals surface area contributed by atoms with Crippen molar-refractivity contribution in [2.75, 3.05) is 19.6 Å². The molecule has 2 aliphatic heterocycles. The van der Waals surface area contributed by atoms with Crippen molar-refractivity contribution < 1.29 is 0 Å². The van der Waals surface area contributed by atoms with Gasteiger partial charge in [0.15, 0.2) is 0 Å². The Bertz CT molecular complexity index is 3930. The van der Waals surface area contributed by atoms with Crippen molar-refractivity contribution >= 4 is 91.3 Å².